The van der Waals surface area contributed by atoms with E-state index in [0.29, 0.717) is 12.0 Å². The number of aromatic nitrogens is 2. The van der Waals surface area contributed by atoms with Gasteiger partial charge in [0, 0.05) is 25.3 Å². The average Bonchev–Trinajstić information content (AvgIpc) is 2.40. The van der Waals surface area contributed by atoms with Gasteiger partial charge in [0.25, 0.3) is 0 Å². The van der Waals surface area contributed by atoms with Gasteiger partial charge in [-0.05, 0) is 38.9 Å². The van der Waals surface area contributed by atoms with Gasteiger partial charge in [0.1, 0.15) is 5.82 Å². The molecular formula is C13H23N5. The van der Waals surface area contributed by atoms with Gasteiger partial charge in [0.2, 0.25) is 5.95 Å². The molecule has 0 aliphatic carbocycles. The summed E-state index contributed by atoms with van der Waals surface area (Å²) in [6.07, 6.45) is 4.28. The Hall–Kier alpha value is -1.36. The molecule has 100 valence electrons. The second-order valence-electron chi connectivity index (χ2n) is 4.67. The van der Waals surface area contributed by atoms with Crippen LogP contribution in [0.2, 0.25) is 0 Å². The van der Waals surface area contributed by atoms with E-state index in [0.717, 1.165) is 25.5 Å². The Balaban J connectivity index is 1.93. The molecule has 18 heavy (non-hydrogen) atoms. The Morgan fingerprint density at radius 1 is 1.44 bits per heavy atom. The number of nitrogens with zero attached hydrogens (tertiary/aromatic N) is 3. The van der Waals surface area contributed by atoms with E-state index in [1.54, 1.807) is 6.20 Å². The summed E-state index contributed by atoms with van der Waals surface area (Å²) in [6, 6.07) is 2.44. The lowest BCUT2D eigenvalue weighted by atomic mass is 10.1. The average molecular weight is 249 g/mol. The maximum atomic E-state index is 4.46. The maximum absolute atomic E-state index is 4.46. The van der Waals surface area contributed by atoms with Crippen LogP contribution in [0.5, 0.6) is 0 Å². The van der Waals surface area contributed by atoms with Crippen molar-refractivity contribution in [2.45, 2.75) is 32.7 Å². The molecule has 0 bridgehead atoms. The molecule has 1 aromatic heterocycles. The maximum Gasteiger partial charge on any atom is 0.224 e. The highest BCUT2D eigenvalue weighted by molar-refractivity contribution is 5.40. The summed E-state index contributed by atoms with van der Waals surface area (Å²) in [4.78, 5) is 11.1. The Kier molecular flexibility index (Phi) is 4.75. The SMILES string of the molecule is CCNc1nccc(NC2CCCN(CC)C2)n1. The minimum absolute atomic E-state index is 0.503. The Bertz CT molecular complexity index is 368. The van der Waals surface area contributed by atoms with E-state index in [4.69, 9.17) is 0 Å². The van der Waals surface area contributed by atoms with E-state index < -0.39 is 0 Å². The van der Waals surface area contributed by atoms with Gasteiger partial charge in [-0.15, -0.1) is 0 Å². The van der Waals surface area contributed by atoms with Crippen LogP contribution in [-0.2, 0) is 0 Å². The van der Waals surface area contributed by atoms with Crippen molar-refractivity contribution in [3.05, 3.63) is 12.3 Å². The first-order valence-electron chi connectivity index (χ1n) is 6.87. The fourth-order valence-electron chi connectivity index (χ4n) is 2.35. The van der Waals surface area contributed by atoms with E-state index >= 15 is 0 Å². The van der Waals surface area contributed by atoms with Crippen molar-refractivity contribution in [2.24, 2.45) is 0 Å². The lowest BCUT2D eigenvalue weighted by Gasteiger charge is -2.32. The fraction of sp³-hybridized carbons (Fsp3) is 0.692. The van der Waals surface area contributed by atoms with Crippen LogP contribution >= 0.6 is 0 Å². The highest BCUT2D eigenvalue weighted by Gasteiger charge is 2.18. The Labute approximate surface area is 109 Å². The zero-order valence-electron chi connectivity index (χ0n) is 11.3. The molecule has 0 aromatic carbocycles. The fourth-order valence-corrected chi connectivity index (χ4v) is 2.35. The topological polar surface area (TPSA) is 53.1 Å². The quantitative estimate of drug-likeness (QED) is 0.833. The molecule has 5 heteroatoms. The number of anilines is 2. The van der Waals surface area contributed by atoms with Crippen LogP contribution in [0.1, 0.15) is 26.7 Å². The lowest BCUT2D eigenvalue weighted by Crippen LogP contribution is -2.42. The smallest absolute Gasteiger partial charge is 0.224 e. The highest BCUT2D eigenvalue weighted by atomic mass is 15.2. The molecule has 1 aliphatic heterocycles. The molecule has 1 unspecified atom stereocenters. The van der Waals surface area contributed by atoms with Crippen LogP contribution in [0.4, 0.5) is 11.8 Å². The molecule has 1 fully saturated rings. The van der Waals surface area contributed by atoms with E-state index in [1.165, 1.54) is 19.4 Å². The van der Waals surface area contributed by atoms with Crippen molar-refractivity contribution < 1.29 is 0 Å². The van der Waals surface area contributed by atoms with Crippen molar-refractivity contribution in [1.82, 2.24) is 14.9 Å². The van der Waals surface area contributed by atoms with Gasteiger partial charge < -0.3 is 15.5 Å². The van der Waals surface area contributed by atoms with E-state index in [2.05, 4.69) is 32.4 Å². The second-order valence-corrected chi connectivity index (χ2v) is 4.67. The van der Waals surface area contributed by atoms with Crippen molar-refractivity contribution >= 4 is 11.8 Å². The summed E-state index contributed by atoms with van der Waals surface area (Å²) in [5.41, 5.74) is 0. The van der Waals surface area contributed by atoms with E-state index in [-0.39, 0.29) is 0 Å². The number of rotatable bonds is 5. The summed E-state index contributed by atoms with van der Waals surface area (Å²) < 4.78 is 0. The molecule has 0 spiro atoms. The molecule has 1 saturated heterocycles. The van der Waals surface area contributed by atoms with Gasteiger partial charge in [-0.1, -0.05) is 6.92 Å². The van der Waals surface area contributed by atoms with Gasteiger partial charge in [0.15, 0.2) is 0 Å². The molecule has 0 radical (unpaired) electrons. The molecule has 2 N–H and O–H groups in total. The second kappa shape index (κ2) is 6.54. The minimum atomic E-state index is 0.503. The van der Waals surface area contributed by atoms with Gasteiger partial charge >= 0.3 is 0 Å². The van der Waals surface area contributed by atoms with Crippen molar-refractivity contribution in [3.63, 3.8) is 0 Å². The van der Waals surface area contributed by atoms with Crippen LogP contribution < -0.4 is 10.6 Å². The van der Waals surface area contributed by atoms with Gasteiger partial charge in [0.05, 0.1) is 0 Å². The van der Waals surface area contributed by atoms with Crippen molar-refractivity contribution in [1.29, 1.82) is 0 Å². The number of likely N-dealkylation sites (N-methyl/N-ethyl adjacent to an activating group) is 1. The van der Waals surface area contributed by atoms with Gasteiger partial charge in [-0.3, -0.25) is 0 Å². The van der Waals surface area contributed by atoms with E-state index in [9.17, 15) is 0 Å². The van der Waals surface area contributed by atoms with Crippen LogP contribution in [-0.4, -0.2) is 47.1 Å². The monoisotopic (exact) mass is 249 g/mol. The number of piperidine rings is 1. The number of hydrogen-bond donors (Lipinski definition) is 2. The van der Waals surface area contributed by atoms with Gasteiger partial charge in [-0.2, -0.15) is 4.98 Å². The number of nitrogens with one attached hydrogen (secondary N) is 2. The predicted octanol–water partition coefficient (Wildman–Crippen LogP) is 1.80. The third kappa shape index (κ3) is 3.57. The molecule has 1 atom stereocenters. The third-order valence-electron chi connectivity index (χ3n) is 3.30. The predicted molar refractivity (Wildman–Crippen MR) is 75.0 cm³/mol. The standard InChI is InChI=1S/C13H23N5/c1-3-14-13-15-8-7-12(17-13)16-11-6-5-9-18(4-2)10-11/h7-8,11H,3-6,9-10H2,1-2H3,(H2,14,15,16,17). The lowest BCUT2D eigenvalue weighted by molar-refractivity contribution is 0.226. The van der Waals surface area contributed by atoms with Crippen molar-refractivity contribution in [2.75, 3.05) is 36.8 Å². The molecule has 2 rings (SSSR count). The summed E-state index contributed by atoms with van der Waals surface area (Å²) in [5.74, 6) is 1.62. The van der Waals surface area contributed by atoms with Crippen LogP contribution in [0, 0.1) is 0 Å². The van der Waals surface area contributed by atoms with Crippen LogP contribution in [0.3, 0.4) is 0 Å². The first-order chi connectivity index (χ1) is 8.81. The number of hydrogen-bond acceptors (Lipinski definition) is 5. The minimum Gasteiger partial charge on any atom is -0.366 e. The Morgan fingerprint density at radius 2 is 2.33 bits per heavy atom. The molecule has 0 amide bonds. The molecule has 5 nitrogen and oxygen atoms in total. The zero-order valence-corrected chi connectivity index (χ0v) is 11.3. The molecule has 2 heterocycles. The number of likely N-dealkylation sites (tertiary alicyclic amines) is 1. The molecule has 0 saturated carbocycles. The van der Waals surface area contributed by atoms with E-state index in [1.807, 2.05) is 13.0 Å². The zero-order chi connectivity index (χ0) is 12.8. The summed E-state index contributed by atoms with van der Waals surface area (Å²) in [7, 11) is 0. The summed E-state index contributed by atoms with van der Waals surface area (Å²) >= 11 is 0. The first kappa shape index (κ1) is 13.1. The van der Waals surface area contributed by atoms with Crippen LogP contribution in [0.15, 0.2) is 12.3 Å². The third-order valence-corrected chi connectivity index (χ3v) is 3.30. The van der Waals surface area contributed by atoms with Gasteiger partial charge in [-0.25, -0.2) is 4.98 Å². The normalized spacial score (nSPS) is 20.7. The Morgan fingerprint density at radius 3 is 3.11 bits per heavy atom. The van der Waals surface area contributed by atoms with Crippen LogP contribution in [0.25, 0.3) is 0 Å². The molecule has 1 aliphatic rings. The first-order valence-corrected chi connectivity index (χ1v) is 6.87. The largest absolute Gasteiger partial charge is 0.366 e. The molecular weight excluding hydrogens is 226 g/mol. The molecule has 1 aromatic rings. The summed E-state index contributed by atoms with van der Waals surface area (Å²) in [6.45, 7) is 8.57. The summed E-state index contributed by atoms with van der Waals surface area (Å²) in [5, 5.41) is 6.64. The highest BCUT2D eigenvalue weighted by Crippen LogP contribution is 2.15. The van der Waals surface area contributed by atoms with Crippen molar-refractivity contribution in [3.8, 4) is 0 Å².